The van der Waals surface area contributed by atoms with Crippen LogP contribution in [0.4, 0.5) is 4.39 Å². The Hall–Kier alpha value is -3.38. The van der Waals surface area contributed by atoms with E-state index in [0.717, 1.165) is 16.7 Å². The highest BCUT2D eigenvalue weighted by atomic mass is 19.1. The lowest BCUT2D eigenvalue weighted by molar-refractivity contribution is -0.119. The Morgan fingerprint density at radius 3 is 2.23 bits per heavy atom. The van der Waals surface area contributed by atoms with E-state index in [-0.39, 0.29) is 18.3 Å². The number of ether oxygens (including phenoxy) is 2. The molecule has 5 nitrogen and oxygen atoms in total. The number of benzene rings is 3. The Kier molecular flexibility index (Phi) is 7.40. The quantitative estimate of drug-likeness (QED) is 0.553. The van der Waals surface area contributed by atoms with Crippen LogP contribution in [-0.2, 0) is 24.5 Å². The number of nitrogens with zero attached hydrogens (tertiary/aromatic N) is 1. The van der Waals surface area contributed by atoms with Gasteiger partial charge >= 0.3 is 0 Å². The van der Waals surface area contributed by atoms with E-state index < -0.39 is 0 Å². The van der Waals surface area contributed by atoms with Crippen LogP contribution in [0, 0.1) is 5.82 Å². The summed E-state index contributed by atoms with van der Waals surface area (Å²) in [6, 6.07) is 21.7. The van der Waals surface area contributed by atoms with E-state index >= 15 is 0 Å². The summed E-state index contributed by atoms with van der Waals surface area (Å²) in [4.78, 5) is 13.5. The third kappa shape index (κ3) is 6.32. The molecule has 30 heavy (non-hydrogen) atoms. The van der Waals surface area contributed by atoms with Gasteiger partial charge in [0.05, 0.1) is 13.7 Å². The first kappa shape index (κ1) is 21.3. The lowest BCUT2D eigenvalue weighted by Gasteiger charge is -2.21. The van der Waals surface area contributed by atoms with Gasteiger partial charge in [-0.05, 0) is 41.0 Å². The number of halogens is 1. The molecule has 3 rings (SSSR count). The molecule has 0 fully saturated rings. The smallest absolute Gasteiger partial charge is 0.231 e. The van der Waals surface area contributed by atoms with Gasteiger partial charge in [0.1, 0.15) is 12.4 Å². The van der Waals surface area contributed by atoms with Crippen molar-refractivity contribution in [2.75, 3.05) is 13.7 Å². The van der Waals surface area contributed by atoms with E-state index in [4.69, 9.17) is 15.2 Å². The summed E-state index contributed by atoms with van der Waals surface area (Å²) in [5.41, 5.74) is 8.37. The Morgan fingerprint density at radius 2 is 1.57 bits per heavy atom. The van der Waals surface area contributed by atoms with Gasteiger partial charge < -0.3 is 15.2 Å². The minimum Gasteiger partial charge on any atom is -0.493 e. The number of methoxy groups -OCH3 is 1. The van der Waals surface area contributed by atoms with Crippen LogP contribution >= 0.6 is 0 Å². The molecule has 3 aromatic carbocycles. The molecule has 0 heterocycles. The number of primary amides is 1. The molecule has 0 aliphatic heterocycles. The first-order chi connectivity index (χ1) is 14.5. The van der Waals surface area contributed by atoms with Crippen LogP contribution in [0.5, 0.6) is 11.5 Å². The van der Waals surface area contributed by atoms with Gasteiger partial charge in [0.15, 0.2) is 11.5 Å². The number of nitrogens with two attached hydrogens (primary N) is 1. The van der Waals surface area contributed by atoms with Gasteiger partial charge in [-0.2, -0.15) is 0 Å². The molecule has 0 radical (unpaired) electrons. The second-order valence-electron chi connectivity index (χ2n) is 7.00. The Bertz CT molecular complexity index is 962. The number of carbonyl (C=O) groups excluding carboxylic acids is 1. The standard InChI is InChI=1S/C24H25FN2O3/c1-29-23-13-20(9-12-22(23)30-17-19-7-10-21(25)11-8-19)15-27(16-24(26)28)14-18-5-3-2-4-6-18/h2-13H,14-17H2,1H3,(H2,26,28). The van der Waals surface area contributed by atoms with Crippen molar-refractivity contribution in [2.24, 2.45) is 5.73 Å². The minimum atomic E-state index is -0.378. The van der Waals surface area contributed by atoms with Crippen LogP contribution in [0.3, 0.4) is 0 Å². The lowest BCUT2D eigenvalue weighted by atomic mass is 10.1. The second-order valence-corrected chi connectivity index (χ2v) is 7.00. The zero-order chi connectivity index (χ0) is 21.3. The summed E-state index contributed by atoms with van der Waals surface area (Å²) < 4.78 is 24.4. The first-order valence-electron chi connectivity index (χ1n) is 9.62. The van der Waals surface area contributed by atoms with Crippen LogP contribution in [-0.4, -0.2) is 24.5 Å². The molecule has 0 bridgehead atoms. The van der Waals surface area contributed by atoms with E-state index in [1.54, 1.807) is 19.2 Å². The maximum absolute atomic E-state index is 13.0. The number of hydrogen-bond donors (Lipinski definition) is 1. The maximum Gasteiger partial charge on any atom is 0.231 e. The molecule has 0 saturated carbocycles. The van der Waals surface area contributed by atoms with Crippen molar-refractivity contribution in [1.29, 1.82) is 0 Å². The summed E-state index contributed by atoms with van der Waals surface area (Å²) in [5.74, 6) is 0.525. The Labute approximate surface area is 175 Å². The van der Waals surface area contributed by atoms with Gasteiger partial charge in [0.25, 0.3) is 0 Å². The summed E-state index contributed by atoms with van der Waals surface area (Å²) in [6.07, 6.45) is 0. The van der Waals surface area contributed by atoms with Crippen molar-refractivity contribution >= 4 is 5.91 Å². The third-order valence-corrected chi connectivity index (χ3v) is 4.57. The van der Waals surface area contributed by atoms with Gasteiger partial charge in [-0.1, -0.05) is 48.5 Å². The molecule has 6 heteroatoms. The minimum absolute atomic E-state index is 0.153. The lowest BCUT2D eigenvalue weighted by Crippen LogP contribution is -2.33. The molecule has 2 N–H and O–H groups in total. The summed E-state index contributed by atoms with van der Waals surface area (Å²) >= 11 is 0. The van der Waals surface area contributed by atoms with Gasteiger partial charge in [-0.3, -0.25) is 9.69 Å². The molecule has 0 aliphatic carbocycles. The molecule has 3 aromatic rings. The number of rotatable bonds is 10. The molecular weight excluding hydrogens is 383 g/mol. The number of amides is 1. The summed E-state index contributed by atoms with van der Waals surface area (Å²) in [6.45, 7) is 1.60. The maximum atomic E-state index is 13.0. The molecule has 0 atom stereocenters. The monoisotopic (exact) mass is 408 g/mol. The third-order valence-electron chi connectivity index (χ3n) is 4.57. The van der Waals surface area contributed by atoms with Crippen LogP contribution < -0.4 is 15.2 Å². The largest absolute Gasteiger partial charge is 0.493 e. The number of hydrogen-bond acceptors (Lipinski definition) is 4. The van der Waals surface area contributed by atoms with Crippen molar-refractivity contribution < 1.29 is 18.7 Å². The van der Waals surface area contributed by atoms with E-state index in [1.807, 2.05) is 53.4 Å². The Morgan fingerprint density at radius 1 is 0.900 bits per heavy atom. The average molecular weight is 408 g/mol. The molecule has 1 amide bonds. The van der Waals surface area contributed by atoms with Gasteiger partial charge in [-0.15, -0.1) is 0 Å². The fraction of sp³-hybridized carbons (Fsp3) is 0.208. The predicted molar refractivity (Wildman–Crippen MR) is 113 cm³/mol. The van der Waals surface area contributed by atoms with Crippen molar-refractivity contribution in [3.8, 4) is 11.5 Å². The van der Waals surface area contributed by atoms with Crippen LogP contribution in [0.2, 0.25) is 0 Å². The van der Waals surface area contributed by atoms with Crippen LogP contribution in [0.15, 0.2) is 72.8 Å². The summed E-state index contributed by atoms with van der Waals surface area (Å²) in [5, 5.41) is 0. The summed E-state index contributed by atoms with van der Waals surface area (Å²) in [7, 11) is 1.58. The highest BCUT2D eigenvalue weighted by Gasteiger charge is 2.13. The predicted octanol–water partition coefficient (Wildman–Crippen LogP) is 3.90. The zero-order valence-electron chi connectivity index (χ0n) is 16.9. The Balaban J connectivity index is 1.69. The average Bonchev–Trinajstić information content (AvgIpc) is 2.74. The van der Waals surface area contributed by atoms with Gasteiger partial charge in [-0.25, -0.2) is 4.39 Å². The fourth-order valence-electron chi connectivity index (χ4n) is 3.16. The first-order valence-corrected chi connectivity index (χ1v) is 9.62. The van der Waals surface area contributed by atoms with Crippen molar-refractivity contribution in [1.82, 2.24) is 4.90 Å². The molecule has 0 spiro atoms. The fourth-order valence-corrected chi connectivity index (χ4v) is 3.16. The highest BCUT2D eigenvalue weighted by molar-refractivity contribution is 5.75. The molecule has 0 aliphatic rings. The van der Waals surface area contributed by atoms with Gasteiger partial charge in [0, 0.05) is 13.1 Å². The van der Waals surface area contributed by atoms with E-state index in [0.29, 0.717) is 31.2 Å². The van der Waals surface area contributed by atoms with Crippen molar-refractivity contribution in [2.45, 2.75) is 19.7 Å². The van der Waals surface area contributed by atoms with Gasteiger partial charge in [0.2, 0.25) is 5.91 Å². The number of carbonyl (C=O) groups is 1. The normalized spacial score (nSPS) is 10.8. The molecular formula is C24H25FN2O3. The molecule has 0 saturated heterocycles. The van der Waals surface area contributed by atoms with Crippen LogP contribution in [0.25, 0.3) is 0 Å². The van der Waals surface area contributed by atoms with E-state index in [2.05, 4.69) is 0 Å². The van der Waals surface area contributed by atoms with Crippen LogP contribution in [0.1, 0.15) is 16.7 Å². The second kappa shape index (κ2) is 10.4. The molecule has 156 valence electrons. The SMILES string of the molecule is COc1cc(CN(CC(N)=O)Cc2ccccc2)ccc1OCc1ccc(F)cc1. The van der Waals surface area contributed by atoms with E-state index in [9.17, 15) is 9.18 Å². The highest BCUT2D eigenvalue weighted by Crippen LogP contribution is 2.29. The molecule has 0 aromatic heterocycles. The zero-order valence-corrected chi connectivity index (χ0v) is 16.9. The molecule has 0 unspecified atom stereocenters. The van der Waals surface area contributed by atoms with Crippen molar-refractivity contribution in [3.63, 3.8) is 0 Å². The van der Waals surface area contributed by atoms with Crippen molar-refractivity contribution in [3.05, 3.63) is 95.3 Å². The topological polar surface area (TPSA) is 64.8 Å². The van der Waals surface area contributed by atoms with E-state index in [1.165, 1.54) is 12.1 Å².